The molecule has 1 fully saturated rings. The van der Waals surface area contributed by atoms with E-state index in [4.69, 9.17) is 15.5 Å². The summed E-state index contributed by atoms with van der Waals surface area (Å²) >= 11 is 0. The van der Waals surface area contributed by atoms with Crippen molar-refractivity contribution < 1.29 is 14.3 Å². The molecule has 4 N–H and O–H groups in total. The number of aromatic nitrogens is 2. The Kier molecular flexibility index (Phi) is 10.1. The van der Waals surface area contributed by atoms with Crippen LogP contribution in [0.1, 0.15) is 43.0 Å². The van der Waals surface area contributed by atoms with Crippen molar-refractivity contribution in [2.24, 2.45) is 5.73 Å². The van der Waals surface area contributed by atoms with Gasteiger partial charge in [0.1, 0.15) is 5.82 Å². The number of urea groups is 1. The number of anilines is 1. The first-order valence-electron chi connectivity index (χ1n) is 15.1. The molecule has 0 spiro atoms. The third kappa shape index (κ3) is 7.60. The largest absolute Gasteiger partial charge is 0.385 e. The maximum atomic E-state index is 13.4. The SMILES string of the molecule is CNC(=O)Nc1ccc(-c2ccc(CC(N)CC(=O)N3CCCC(c4nc5ccccc5n4CCCOC)C3)cc2)cc1. The molecule has 2 heterocycles. The topological polar surface area (TPSA) is 115 Å². The van der Waals surface area contributed by atoms with E-state index < -0.39 is 0 Å². The van der Waals surface area contributed by atoms with Crippen LogP contribution in [0.4, 0.5) is 10.5 Å². The first kappa shape index (κ1) is 30.3. The fourth-order valence-corrected chi connectivity index (χ4v) is 5.92. The number of carbonyl (C=O) groups excluding carboxylic acids is 2. The van der Waals surface area contributed by atoms with Gasteiger partial charge >= 0.3 is 6.03 Å². The summed E-state index contributed by atoms with van der Waals surface area (Å²) in [7, 11) is 3.31. The van der Waals surface area contributed by atoms with Crippen LogP contribution in [0.2, 0.25) is 0 Å². The Balaban J connectivity index is 1.17. The molecule has 43 heavy (non-hydrogen) atoms. The highest BCUT2D eigenvalue weighted by atomic mass is 16.5. The van der Waals surface area contributed by atoms with E-state index in [1.54, 1.807) is 14.2 Å². The van der Waals surface area contributed by atoms with Crippen molar-refractivity contribution in [2.45, 2.75) is 50.6 Å². The molecule has 4 aromatic rings. The number of amides is 3. The number of likely N-dealkylation sites (tertiary alicyclic amines) is 1. The molecule has 0 bridgehead atoms. The number of ether oxygens (including phenoxy) is 1. The van der Waals surface area contributed by atoms with Gasteiger partial charge in [0.2, 0.25) is 5.91 Å². The van der Waals surface area contributed by atoms with Crippen molar-refractivity contribution in [3.8, 4) is 11.1 Å². The number of piperidine rings is 1. The fraction of sp³-hybridized carbons (Fsp3) is 0.382. The molecular formula is C34H42N6O3. The highest BCUT2D eigenvalue weighted by Crippen LogP contribution is 2.30. The number of nitrogens with zero attached hydrogens (tertiary/aromatic N) is 3. The number of nitrogens with one attached hydrogen (secondary N) is 2. The number of carbonyl (C=O) groups is 2. The smallest absolute Gasteiger partial charge is 0.318 e. The summed E-state index contributed by atoms with van der Waals surface area (Å²) in [6, 6.07) is 23.7. The Morgan fingerprint density at radius 1 is 1.05 bits per heavy atom. The Morgan fingerprint density at radius 3 is 2.49 bits per heavy atom. The number of methoxy groups -OCH3 is 1. The fourth-order valence-electron chi connectivity index (χ4n) is 5.92. The molecule has 3 aromatic carbocycles. The predicted octanol–water partition coefficient (Wildman–Crippen LogP) is 5.16. The van der Waals surface area contributed by atoms with E-state index in [9.17, 15) is 9.59 Å². The highest BCUT2D eigenvalue weighted by molar-refractivity contribution is 5.89. The molecule has 1 aliphatic rings. The maximum Gasteiger partial charge on any atom is 0.318 e. The standard InChI is InChI=1S/C34H42N6O3/c1-36-34(42)37-29-16-14-26(15-17-29)25-12-10-24(11-13-25)21-28(35)22-32(41)39-18-5-7-27(23-39)33-38-30-8-3-4-9-31(30)40(33)19-6-20-43-2/h3-4,8-17,27-28H,5-7,18-23,35H2,1-2H3,(H2,36,37,42). The zero-order valence-electron chi connectivity index (χ0n) is 25.1. The van der Waals surface area contributed by atoms with Crippen LogP contribution in [0.15, 0.2) is 72.8 Å². The number of hydrogen-bond acceptors (Lipinski definition) is 5. The van der Waals surface area contributed by atoms with Crippen LogP contribution in [-0.4, -0.2) is 66.3 Å². The average molecular weight is 583 g/mol. The number of fused-ring (bicyclic) bond motifs is 1. The third-order valence-corrected chi connectivity index (χ3v) is 8.15. The summed E-state index contributed by atoms with van der Waals surface area (Å²) in [5.74, 6) is 1.38. The van der Waals surface area contributed by atoms with E-state index in [2.05, 4.69) is 57.7 Å². The van der Waals surface area contributed by atoms with Gasteiger partial charge in [-0.05, 0) is 66.6 Å². The van der Waals surface area contributed by atoms with Crippen LogP contribution in [0, 0.1) is 0 Å². The minimum Gasteiger partial charge on any atom is -0.385 e. The summed E-state index contributed by atoms with van der Waals surface area (Å²) in [4.78, 5) is 31.9. The van der Waals surface area contributed by atoms with Gasteiger partial charge < -0.3 is 30.6 Å². The van der Waals surface area contributed by atoms with Crippen LogP contribution in [0.25, 0.3) is 22.2 Å². The van der Waals surface area contributed by atoms with Gasteiger partial charge in [-0.3, -0.25) is 4.79 Å². The first-order valence-corrected chi connectivity index (χ1v) is 15.1. The molecule has 1 aliphatic heterocycles. The van der Waals surface area contributed by atoms with Gasteiger partial charge in [0.25, 0.3) is 0 Å². The monoisotopic (exact) mass is 582 g/mol. The lowest BCUT2D eigenvalue weighted by atomic mass is 9.95. The lowest BCUT2D eigenvalue weighted by Gasteiger charge is -2.33. The molecule has 5 rings (SSSR count). The number of para-hydroxylation sites is 2. The summed E-state index contributed by atoms with van der Waals surface area (Å²) < 4.78 is 7.62. The van der Waals surface area contributed by atoms with Crippen molar-refractivity contribution in [2.75, 3.05) is 39.2 Å². The molecule has 2 unspecified atom stereocenters. The van der Waals surface area contributed by atoms with E-state index in [0.717, 1.165) is 71.6 Å². The Labute approximate surface area is 253 Å². The van der Waals surface area contributed by atoms with Crippen molar-refractivity contribution >= 4 is 28.7 Å². The maximum absolute atomic E-state index is 13.4. The Bertz CT molecular complexity index is 1520. The minimum atomic E-state index is -0.257. The second kappa shape index (κ2) is 14.3. The summed E-state index contributed by atoms with van der Waals surface area (Å²) in [6.45, 7) is 2.98. The lowest BCUT2D eigenvalue weighted by molar-refractivity contribution is -0.132. The van der Waals surface area contributed by atoms with E-state index in [1.165, 1.54) is 0 Å². The van der Waals surface area contributed by atoms with Crippen molar-refractivity contribution in [1.82, 2.24) is 19.8 Å². The number of aryl methyl sites for hydroxylation is 1. The van der Waals surface area contributed by atoms with Gasteiger partial charge in [0, 0.05) is 64.5 Å². The molecular weight excluding hydrogens is 540 g/mol. The normalized spacial score (nSPS) is 15.8. The number of nitrogens with two attached hydrogens (primary N) is 1. The van der Waals surface area contributed by atoms with Crippen LogP contribution in [0.3, 0.4) is 0 Å². The van der Waals surface area contributed by atoms with Crippen LogP contribution >= 0.6 is 0 Å². The second-order valence-electron chi connectivity index (χ2n) is 11.3. The molecule has 1 aromatic heterocycles. The van der Waals surface area contributed by atoms with E-state index in [-0.39, 0.29) is 23.9 Å². The number of hydrogen-bond donors (Lipinski definition) is 3. The molecule has 3 amide bonds. The van der Waals surface area contributed by atoms with Gasteiger partial charge in [0.15, 0.2) is 0 Å². The predicted molar refractivity (Wildman–Crippen MR) is 171 cm³/mol. The van der Waals surface area contributed by atoms with Gasteiger partial charge in [-0.2, -0.15) is 0 Å². The molecule has 2 atom stereocenters. The Hall–Kier alpha value is -4.21. The van der Waals surface area contributed by atoms with Crippen molar-refractivity contribution in [3.63, 3.8) is 0 Å². The Morgan fingerprint density at radius 2 is 1.77 bits per heavy atom. The van der Waals surface area contributed by atoms with Gasteiger partial charge in [0.05, 0.1) is 11.0 Å². The van der Waals surface area contributed by atoms with Crippen molar-refractivity contribution in [1.29, 1.82) is 0 Å². The van der Waals surface area contributed by atoms with E-state index in [1.807, 2.05) is 35.2 Å². The number of imidazole rings is 1. The average Bonchev–Trinajstić information content (AvgIpc) is 3.40. The minimum absolute atomic E-state index is 0.112. The zero-order valence-corrected chi connectivity index (χ0v) is 25.1. The molecule has 0 aliphatic carbocycles. The second-order valence-corrected chi connectivity index (χ2v) is 11.3. The number of benzene rings is 3. The molecule has 0 radical (unpaired) electrons. The molecule has 9 heteroatoms. The number of rotatable bonds is 11. The molecule has 1 saturated heterocycles. The van der Waals surface area contributed by atoms with E-state index >= 15 is 0 Å². The highest BCUT2D eigenvalue weighted by Gasteiger charge is 2.29. The van der Waals surface area contributed by atoms with Crippen LogP contribution in [0.5, 0.6) is 0 Å². The van der Waals surface area contributed by atoms with Crippen LogP contribution < -0.4 is 16.4 Å². The molecule has 9 nitrogen and oxygen atoms in total. The lowest BCUT2D eigenvalue weighted by Crippen LogP contribution is -2.42. The van der Waals surface area contributed by atoms with E-state index in [0.29, 0.717) is 26.0 Å². The third-order valence-electron chi connectivity index (χ3n) is 8.15. The van der Waals surface area contributed by atoms with Gasteiger partial charge in [-0.1, -0.05) is 48.5 Å². The molecule has 226 valence electrons. The summed E-state index contributed by atoms with van der Waals surface area (Å²) in [6.07, 6.45) is 3.84. The summed E-state index contributed by atoms with van der Waals surface area (Å²) in [5.41, 5.74) is 12.6. The summed E-state index contributed by atoms with van der Waals surface area (Å²) in [5, 5.41) is 5.31. The van der Waals surface area contributed by atoms with Gasteiger partial charge in [-0.25, -0.2) is 9.78 Å². The zero-order chi connectivity index (χ0) is 30.2. The van der Waals surface area contributed by atoms with Crippen molar-refractivity contribution in [3.05, 3.63) is 84.2 Å². The quantitative estimate of drug-likeness (QED) is 0.212. The van der Waals surface area contributed by atoms with Crippen LogP contribution in [-0.2, 0) is 22.5 Å². The van der Waals surface area contributed by atoms with Gasteiger partial charge in [-0.15, -0.1) is 0 Å². The first-order chi connectivity index (χ1) is 20.9. The molecule has 0 saturated carbocycles.